The lowest BCUT2D eigenvalue weighted by Gasteiger charge is -2.08. The third-order valence-corrected chi connectivity index (χ3v) is 3.99. The van der Waals surface area contributed by atoms with E-state index in [0.717, 1.165) is 11.4 Å². The first kappa shape index (κ1) is 17.7. The van der Waals surface area contributed by atoms with Crippen molar-refractivity contribution >= 4 is 29.1 Å². The Kier molecular flexibility index (Phi) is 6.07. The van der Waals surface area contributed by atoms with Gasteiger partial charge in [-0.2, -0.15) is 5.10 Å². The van der Waals surface area contributed by atoms with Crippen LogP contribution >= 0.6 is 11.3 Å². The number of carbonyl (C=O) groups excluding carboxylic acids is 3. The molecule has 0 spiro atoms. The molecule has 2 rings (SSSR count). The number of hydrogen-bond acceptors (Lipinski definition) is 5. The van der Waals surface area contributed by atoms with Gasteiger partial charge in [0.1, 0.15) is 6.54 Å². The standard InChI is InChI=1S/C15H19N5O3S/c1-10-8-11(2)20(19-10)9-14(22)18-17-13(21)5-6-16-15(23)12-4-3-7-24-12/h3-4,7-8H,5-6,9H2,1-2H3,(H,16,23)(H,17,21)(H,18,22). The maximum absolute atomic E-state index is 11.8. The van der Waals surface area contributed by atoms with Crippen LogP contribution in [0.25, 0.3) is 0 Å². The van der Waals surface area contributed by atoms with E-state index >= 15 is 0 Å². The molecular weight excluding hydrogens is 330 g/mol. The third kappa shape index (κ3) is 5.20. The second-order valence-electron chi connectivity index (χ2n) is 5.16. The van der Waals surface area contributed by atoms with E-state index in [1.807, 2.05) is 19.9 Å². The highest BCUT2D eigenvalue weighted by Gasteiger charge is 2.10. The monoisotopic (exact) mass is 349 g/mol. The van der Waals surface area contributed by atoms with Gasteiger partial charge in [-0.1, -0.05) is 6.07 Å². The predicted octanol–water partition coefficient (Wildman–Crippen LogP) is 0.529. The van der Waals surface area contributed by atoms with Crippen molar-refractivity contribution in [3.8, 4) is 0 Å². The zero-order valence-electron chi connectivity index (χ0n) is 13.5. The van der Waals surface area contributed by atoms with E-state index in [4.69, 9.17) is 0 Å². The van der Waals surface area contributed by atoms with E-state index in [0.29, 0.717) is 4.88 Å². The Bertz CT molecular complexity index is 724. The van der Waals surface area contributed by atoms with Crippen molar-refractivity contribution in [2.24, 2.45) is 0 Å². The van der Waals surface area contributed by atoms with Gasteiger partial charge < -0.3 is 5.32 Å². The third-order valence-electron chi connectivity index (χ3n) is 3.12. The molecule has 2 aromatic heterocycles. The quantitative estimate of drug-likeness (QED) is 0.662. The van der Waals surface area contributed by atoms with Crippen LogP contribution in [0.5, 0.6) is 0 Å². The molecule has 0 saturated carbocycles. The van der Waals surface area contributed by atoms with Gasteiger partial charge >= 0.3 is 0 Å². The highest BCUT2D eigenvalue weighted by molar-refractivity contribution is 7.12. The van der Waals surface area contributed by atoms with Crippen LogP contribution in [0.15, 0.2) is 23.6 Å². The van der Waals surface area contributed by atoms with E-state index < -0.39 is 0 Å². The number of carbonyl (C=O) groups is 3. The molecule has 0 aromatic carbocycles. The van der Waals surface area contributed by atoms with Crippen molar-refractivity contribution < 1.29 is 14.4 Å². The van der Waals surface area contributed by atoms with Gasteiger partial charge in [-0.15, -0.1) is 11.3 Å². The summed E-state index contributed by atoms with van der Waals surface area (Å²) < 4.78 is 1.55. The number of thiophene rings is 1. The first-order chi connectivity index (χ1) is 11.5. The van der Waals surface area contributed by atoms with Gasteiger partial charge in [-0.3, -0.25) is 29.9 Å². The molecular formula is C15H19N5O3S. The van der Waals surface area contributed by atoms with Gasteiger partial charge in [0.25, 0.3) is 11.8 Å². The number of nitrogens with zero attached hydrogens (tertiary/aromatic N) is 2. The average molecular weight is 349 g/mol. The summed E-state index contributed by atoms with van der Waals surface area (Å²) in [6, 6.07) is 5.35. The van der Waals surface area contributed by atoms with Crippen LogP contribution in [0.2, 0.25) is 0 Å². The van der Waals surface area contributed by atoms with Crippen molar-refractivity contribution in [3.63, 3.8) is 0 Å². The topological polar surface area (TPSA) is 105 Å². The molecule has 2 heterocycles. The lowest BCUT2D eigenvalue weighted by atomic mass is 10.4. The summed E-state index contributed by atoms with van der Waals surface area (Å²) in [6.07, 6.45) is 0.0668. The van der Waals surface area contributed by atoms with Crippen LogP contribution in [0.1, 0.15) is 27.5 Å². The smallest absolute Gasteiger partial charge is 0.261 e. The molecule has 2 aromatic rings. The van der Waals surface area contributed by atoms with Gasteiger partial charge in [-0.05, 0) is 31.4 Å². The minimum Gasteiger partial charge on any atom is -0.351 e. The van der Waals surface area contributed by atoms with Crippen LogP contribution in [0, 0.1) is 13.8 Å². The van der Waals surface area contributed by atoms with Crippen molar-refractivity contribution in [2.75, 3.05) is 6.54 Å². The Morgan fingerprint density at radius 1 is 1.21 bits per heavy atom. The Morgan fingerprint density at radius 2 is 1.96 bits per heavy atom. The maximum Gasteiger partial charge on any atom is 0.261 e. The van der Waals surface area contributed by atoms with Crippen molar-refractivity contribution in [1.82, 2.24) is 25.9 Å². The highest BCUT2D eigenvalue weighted by Crippen LogP contribution is 2.07. The second kappa shape index (κ2) is 8.25. The van der Waals surface area contributed by atoms with Crippen molar-refractivity contribution in [1.29, 1.82) is 0 Å². The molecule has 3 N–H and O–H groups in total. The number of aryl methyl sites for hydroxylation is 2. The zero-order chi connectivity index (χ0) is 17.5. The number of nitrogens with one attached hydrogen (secondary N) is 3. The Hall–Kier alpha value is -2.68. The SMILES string of the molecule is Cc1cc(C)n(CC(=O)NNC(=O)CCNC(=O)c2cccs2)n1. The molecule has 0 aliphatic heterocycles. The van der Waals surface area contributed by atoms with Gasteiger partial charge in [0.2, 0.25) is 5.91 Å². The summed E-state index contributed by atoms with van der Waals surface area (Å²) in [5.41, 5.74) is 6.32. The van der Waals surface area contributed by atoms with Gasteiger partial charge in [0, 0.05) is 18.7 Å². The summed E-state index contributed by atoms with van der Waals surface area (Å²) in [4.78, 5) is 35.7. The average Bonchev–Trinajstić information content (AvgIpc) is 3.15. The second-order valence-corrected chi connectivity index (χ2v) is 6.11. The largest absolute Gasteiger partial charge is 0.351 e. The van der Waals surface area contributed by atoms with Crippen molar-refractivity contribution in [3.05, 3.63) is 39.8 Å². The highest BCUT2D eigenvalue weighted by atomic mass is 32.1. The summed E-state index contributed by atoms with van der Waals surface area (Å²) >= 11 is 1.33. The number of amides is 3. The van der Waals surface area contributed by atoms with Crippen LogP contribution in [-0.2, 0) is 16.1 Å². The number of hydrazine groups is 1. The molecule has 128 valence electrons. The zero-order valence-corrected chi connectivity index (χ0v) is 14.3. The van der Waals surface area contributed by atoms with E-state index in [1.165, 1.54) is 11.3 Å². The van der Waals surface area contributed by atoms with E-state index in [1.54, 1.807) is 22.2 Å². The molecule has 0 aliphatic carbocycles. The number of rotatable bonds is 6. The van der Waals surface area contributed by atoms with E-state index in [9.17, 15) is 14.4 Å². The summed E-state index contributed by atoms with van der Waals surface area (Å²) in [5.74, 6) is -0.980. The van der Waals surface area contributed by atoms with Crippen LogP contribution in [0.3, 0.4) is 0 Å². The first-order valence-corrected chi connectivity index (χ1v) is 8.24. The van der Waals surface area contributed by atoms with Gasteiger partial charge in [0.15, 0.2) is 0 Å². The lowest BCUT2D eigenvalue weighted by molar-refractivity contribution is -0.129. The van der Waals surface area contributed by atoms with E-state index in [2.05, 4.69) is 21.3 Å². The van der Waals surface area contributed by atoms with Gasteiger partial charge in [-0.25, -0.2) is 0 Å². The molecule has 0 atom stereocenters. The fourth-order valence-corrected chi connectivity index (χ4v) is 2.64. The Balaban J connectivity index is 1.65. The summed E-state index contributed by atoms with van der Waals surface area (Å²) in [7, 11) is 0. The molecule has 0 aliphatic rings. The summed E-state index contributed by atoms with van der Waals surface area (Å²) in [6.45, 7) is 3.90. The van der Waals surface area contributed by atoms with Crippen LogP contribution in [-0.4, -0.2) is 34.0 Å². The fraction of sp³-hybridized carbons (Fsp3) is 0.333. The predicted molar refractivity (Wildman–Crippen MR) is 89.3 cm³/mol. The Labute approximate surface area is 143 Å². The van der Waals surface area contributed by atoms with Crippen LogP contribution in [0.4, 0.5) is 0 Å². The summed E-state index contributed by atoms with van der Waals surface area (Å²) in [5, 5.41) is 8.61. The lowest BCUT2D eigenvalue weighted by Crippen LogP contribution is -2.44. The molecule has 0 unspecified atom stereocenters. The minimum atomic E-state index is -0.386. The Morgan fingerprint density at radius 3 is 2.58 bits per heavy atom. The molecule has 0 fully saturated rings. The van der Waals surface area contributed by atoms with Gasteiger partial charge in [0.05, 0.1) is 10.6 Å². The van der Waals surface area contributed by atoms with Crippen molar-refractivity contribution in [2.45, 2.75) is 26.8 Å². The molecule has 0 radical (unpaired) electrons. The van der Waals surface area contributed by atoms with Crippen LogP contribution < -0.4 is 16.2 Å². The molecule has 0 saturated heterocycles. The molecule has 8 nitrogen and oxygen atoms in total. The normalized spacial score (nSPS) is 10.2. The van der Waals surface area contributed by atoms with E-state index in [-0.39, 0.29) is 37.2 Å². The molecule has 24 heavy (non-hydrogen) atoms. The fourth-order valence-electron chi connectivity index (χ4n) is 2.00. The molecule has 9 heteroatoms. The number of aromatic nitrogens is 2. The molecule has 3 amide bonds. The maximum atomic E-state index is 11.8. The minimum absolute atomic E-state index is 0.0229. The molecule has 0 bridgehead atoms. The number of hydrogen-bond donors (Lipinski definition) is 3. The first-order valence-electron chi connectivity index (χ1n) is 7.36.